The maximum atomic E-state index is 13.4. The summed E-state index contributed by atoms with van der Waals surface area (Å²) in [4.78, 5) is 33.8. The SMILES string of the molecule is Cc1cn2nc(-c3nc([C@H]4CCCN(C(=O)Cc5cccc(F)c5)C4)no3)cc2c(=O)[nH]1. The molecule has 0 spiro atoms. The molecule has 0 radical (unpaired) electrons. The van der Waals surface area contributed by atoms with Crippen LogP contribution >= 0.6 is 0 Å². The highest BCUT2D eigenvalue weighted by Crippen LogP contribution is 2.27. The molecule has 0 unspecified atom stereocenters. The molecule has 1 N–H and O–H groups in total. The van der Waals surface area contributed by atoms with E-state index in [1.807, 2.05) is 0 Å². The molecule has 1 amide bonds. The van der Waals surface area contributed by atoms with E-state index in [-0.39, 0.29) is 35.5 Å². The summed E-state index contributed by atoms with van der Waals surface area (Å²) in [5.74, 6) is 0.254. The maximum absolute atomic E-state index is 13.4. The summed E-state index contributed by atoms with van der Waals surface area (Å²) in [6.45, 7) is 2.89. The summed E-state index contributed by atoms with van der Waals surface area (Å²) in [7, 11) is 0. The normalized spacial score (nSPS) is 16.6. The predicted molar refractivity (Wildman–Crippen MR) is 113 cm³/mol. The van der Waals surface area contributed by atoms with Crippen molar-refractivity contribution in [2.75, 3.05) is 13.1 Å². The van der Waals surface area contributed by atoms with Crippen LogP contribution in [0.2, 0.25) is 0 Å². The van der Waals surface area contributed by atoms with Crippen LogP contribution in [-0.2, 0) is 11.2 Å². The number of nitrogens with zero attached hydrogens (tertiary/aromatic N) is 5. The molecule has 9 nitrogen and oxygen atoms in total. The lowest BCUT2D eigenvalue weighted by atomic mass is 9.96. The molecule has 1 atom stereocenters. The quantitative estimate of drug-likeness (QED) is 0.526. The van der Waals surface area contributed by atoms with E-state index in [1.165, 1.54) is 16.6 Å². The van der Waals surface area contributed by atoms with Gasteiger partial charge < -0.3 is 14.4 Å². The van der Waals surface area contributed by atoms with E-state index in [0.29, 0.717) is 41.4 Å². The molecule has 1 aromatic carbocycles. The van der Waals surface area contributed by atoms with Gasteiger partial charge in [-0.15, -0.1) is 0 Å². The highest BCUT2D eigenvalue weighted by molar-refractivity contribution is 5.79. The van der Waals surface area contributed by atoms with Crippen molar-refractivity contribution in [2.24, 2.45) is 0 Å². The maximum Gasteiger partial charge on any atom is 0.278 e. The number of nitrogens with one attached hydrogen (secondary N) is 1. The Morgan fingerprint density at radius 1 is 1.34 bits per heavy atom. The minimum Gasteiger partial charge on any atom is -0.342 e. The van der Waals surface area contributed by atoms with Gasteiger partial charge in [-0.3, -0.25) is 9.59 Å². The fraction of sp³-hybridized carbons (Fsp3) is 0.318. The van der Waals surface area contributed by atoms with Gasteiger partial charge in [0.25, 0.3) is 11.4 Å². The van der Waals surface area contributed by atoms with Gasteiger partial charge >= 0.3 is 0 Å². The lowest BCUT2D eigenvalue weighted by Crippen LogP contribution is -2.40. The number of H-pyrrole nitrogens is 1. The summed E-state index contributed by atoms with van der Waals surface area (Å²) in [6.07, 6.45) is 3.50. The Bertz CT molecular complexity index is 1360. The van der Waals surface area contributed by atoms with Crippen molar-refractivity contribution in [1.82, 2.24) is 29.6 Å². The first kappa shape index (κ1) is 20.1. The number of piperidine rings is 1. The minimum absolute atomic E-state index is 0.0565. The van der Waals surface area contributed by atoms with Crippen molar-refractivity contribution in [3.8, 4) is 11.6 Å². The summed E-state index contributed by atoms with van der Waals surface area (Å²) in [5, 5.41) is 8.47. The Labute approximate surface area is 181 Å². The monoisotopic (exact) mass is 436 g/mol. The summed E-state index contributed by atoms with van der Waals surface area (Å²) >= 11 is 0. The smallest absolute Gasteiger partial charge is 0.278 e. The van der Waals surface area contributed by atoms with Gasteiger partial charge in [-0.1, -0.05) is 17.3 Å². The number of amides is 1. The third kappa shape index (κ3) is 3.91. The molecule has 10 heteroatoms. The van der Waals surface area contributed by atoms with Crippen LogP contribution in [0.4, 0.5) is 4.39 Å². The van der Waals surface area contributed by atoms with Gasteiger partial charge in [0.1, 0.15) is 11.3 Å². The van der Waals surface area contributed by atoms with Crippen molar-refractivity contribution in [2.45, 2.75) is 32.1 Å². The molecule has 0 aliphatic carbocycles. The van der Waals surface area contributed by atoms with E-state index in [0.717, 1.165) is 12.8 Å². The van der Waals surface area contributed by atoms with Crippen molar-refractivity contribution in [1.29, 1.82) is 0 Å². The Morgan fingerprint density at radius 2 is 2.22 bits per heavy atom. The zero-order valence-electron chi connectivity index (χ0n) is 17.4. The second kappa shape index (κ2) is 8.03. The van der Waals surface area contributed by atoms with Crippen molar-refractivity contribution in [3.05, 3.63) is 69.8 Å². The standard InChI is InChI=1S/C22H21FN6O3/c1-13-11-29-18(21(31)24-13)10-17(26-29)22-25-20(27-32-22)15-5-3-7-28(12-15)19(30)9-14-4-2-6-16(23)8-14/h2,4,6,8,10-11,15H,3,5,7,9,12H2,1H3,(H,24,31)/t15-/m0/s1. The van der Waals surface area contributed by atoms with Crippen LogP contribution in [0.1, 0.15) is 35.8 Å². The number of likely N-dealkylation sites (tertiary alicyclic amines) is 1. The van der Waals surface area contributed by atoms with Gasteiger partial charge in [0.2, 0.25) is 5.91 Å². The van der Waals surface area contributed by atoms with Gasteiger partial charge in [-0.2, -0.15) is 10.1 Å². The Kier molecular flexibility index (Phi) is 5.04. The molecule has 164 valence electrons. The van der Waals surface area contributed by atoms with Crippen molar-refractivity contribution >= 4 is 11.4 Å². The number of benzene rings is 1. The van der Waals surface area contributed by atoms with Crippen LogP contribution in [0.25, 0.3) is 17.1 Å². The number of fused-ring (bicyclic) bond motifs is 1. The first-order chi connectivity index (χ1) is 15.5. The summed E-state index contributed by atoms with van der Waals surface area (Å²) in [6, 6.07) is 7.69. The number of carbonyl (C=O) groups is 1. The van der Waals surface area contributed by atoms with E-state index in [2.05, 4.69) is 20.2 Å². The van der Waals surface area contributed by atoms with E-state index in [1.54, 1.807) is 36.2 Å². The number of aryl methyl sites for hydroxylation is 1. The Hall–Kier alpha value is -3.82. The first-order valence-corrected chi connectivity index (χ1v) is 10.4. The zero-order chi connectivity index (χ0) is 22.2. The predicted octanol–water partition coefficient (Wildman–Crippen LogP) is 2.47. The largest absolute Gasteiger partial charge is 0.342 e. The zero-order valence-corrected chi connectivity index (χ0v) is 17.4. The second-order valence-corrected chi connectivity index (χ2v) is 8.07. The third-order valence-electron chi connectivity index (χ3n) is 5.64. The van der Waals surface area contributed by atoms with E-state index >= 15 is 0 Å². The van der Waals surface area contributed by atoms with Crippen molar-refractivity contribution < 1.29 is 13.7 Å². The lowest BCUT2D eigenvalue weighted by molar-refractivity contribution is -0.131. The highest BCUT2D eigenvalue weighted by atomic mass is 19.1. The minimum atomic E-state index is -0.352. The molecular formula is C22H21FN6O3. The number of aromatic nitrogens is 5. The van der Waals surface area contributed by atoms with Crippen LogP contribution in [-0.4, -0.2) is 48.6 Å². The van der Waals surface area contributed by atoms with Gasteiger partial charge in [0, 0.05) is 37.0 Å². The lowest BCUT2D eigenvalue weighted by Gasteiger charge is -2.31. The van der Waals surface area contributed by atoms with Gasteiger partial charge in [-0.05, 0) is 37.5 Å². The van der Waals surface area contributed by atoms with Gasteiger partial charge in [0.15, 0.2) is 11.5 Å². The number of hydrogen-bond acceptors (Lipinski definition) is 6. The molecule has 4 heterocycles. The molecular weight excluding hydrogens is 415 g/mol. The Balaban J connectivity index is 1.32. The number of hydrogen-bond donors (Lipinski definition) is 1. The summed E-state index contributed by atoms with van der Waals surface area (Å²) < 4.78 is 20.3. The molecule has 4 aromatic rings. The molecule has 0 bridgehead atoms. The van der Waals surface area contributed by atoms with Crippen LogP contribution in [0.3, 0.4) is 0 Å². The highest BCUT2D eigenvalue weighted by Gasteiger charge is 2.28. The van der Waals surface area contributed by atoms with E-state index in [9.17, 15) is 14.0 Å². The second-order valence-electron chi connectivity index (χ2n) is 8.07. The Morgan fingerprint density at radius 3 is 3.06 bits per heavy atom. The topological polar surface area (TPSA) is 109 Å². The average Bonchev–Trinajstić information content (AvgIpc) is 3.41. The number of carbonyl (C=O) groups excluding carboxylic acids is 1. The average molecular weight is 436 g/mol. The molecule has 1 aliphatic heterocycles. The fourth-order valence-electron chi connectivity index (χ4n) is 4.08. The van der Waals surface area contributed by atoms with Crippen LogP contribution in [0.5, 0.6) is 0 Å². The third-order valence-corrected chi connectivity index (χ3v) is 5.64. The van der Waals surface area contributed by atoms with Crippen LogP contribution < -0.4 is 5.56 Å². The first-order valence-electron chi connectivity index (χ1n) is 10.4. The van der Waals surface area contributed by atoms with Crippen LogP contribution in [0.15, 0.2) is 45.8 Å². The molecule has 32 heavy (non-hydrogen) atoms. The molecule has 1 fully saturated rings. The van der Waals surface area contributed by atoms with Gasteiger partial charge in [-0.25, -0.2) is 8.91 Å². The van der Waals surface area contributed by atoms with Crippen molar-refractivity contribution in [3.63, 3.8) is 0 Å². The van der Waals surface area contributed by atoms with Crippen LogP contribution in [0, 0.1) is 12.7 Å². The number of halogens is 1. The van der Waals surface area contributed by atoms with E-state index in [4.69, 9.17) is 4.52 Å². The van der Waals surface area contributed by atoms with Gasteiger partial charge in [0.05, 0.1) is 6.42 Å². The number of rotatable bonds is 4. The molecule has 3 aromatic heterocycles. The molecule has 5 rings (SSSR count). The fourth-order valence-corrected chi connectivity index (χ4v) is 4.08. The molecule has 1 aliphatic rings. The molecule has 0 saturated carbocycles. The number of aromatic amines is 1. The summed E-state index contributed by atoms with van der Waals surface area (Å²) in [5.41, 5.74) is 1.89. The van der Waals surface area contributed by atoms with E-state index < -0.39 is 0 Å². The molecule has 1 saturated heterocycles.